The van der Waals surface area contributed by atoms with Gasteiger partial charge in [-0.05, 0) is 34.9 Å². The maximum Gasteiger partial charge on any atom is 0.161 e. The lowest BCUT2D eigenvalue weighted by Crippen LogP contribution is -2.10. The summed E-state index contributed by atoms with van der Waals surface area (Å²) in [5, 5.41) is 14.6. The second kappa shape index (κ2) is 8.74. The predicted octanol–water partition coefficient (Wildman–Crippen LogP) is 5.59. The van der Waals surface area contributed by atoms with Gasteiger partial charge in [-0.15, -0.1) is 0 Å². The fraction of sp³-hybridized carbons (Fsp3) is 0.160. The molecule has 4 aromatic rings. The van der Waals surface area contributed by atoms with Crippen molar-refractivity contribution < 1.29 is 14.7 Å². The molecule has 1 atom stereocenters. The van der Waals surface area contributed by atoms with E-state index in [-0.39, 0.29) is 5.92 Å². The third-order valence-electron chi connectivity index (χ3n) is 5.43. The molecule has 0 radical (unpaired) electrons. The summed E-state index contributed by atoms with van der Waals surface area (Å²) in [6.07, 6.45) is 2.56. The lowest BCUT2D eigenvalue weighted by atomic mass is 9.85. The first-order chi connectivity index (χ1) is 14.7. The maximum absolute atomic E-state index is 9.80. The number of nitrogens with one attached hydrogen (secondary N) is 1. The molecule has 0 aliphatic rings. The van der Waals surface area contributed by atoms with Crippen LogP contribution >= 0.6 is 0 Å². The number of rotatable bonds is 7. The highest BCUT2D eigenvalue weighted by Gasteiger charge is 2.23. The number of fused-ring (bicyclic) bond motifs is 1. The third kappa shape index (κ3) is 3.74. The Morgan fingerprint density at radius 1 is 0.933 bits per heavy atom. The number of methoxy groups -OCH3 is 2. The topological polar surface area (TPSA) is 66.8 Å². The zero-order chi connectivity index (χ0) is 20.9. The summed E-state index contributed by atoms with van der Waals surface area (Å²) in [6, 6.07) is 23.9. The van der Waals surface area contributed by atoms with Crippen LogP contribution in [0.3, 0.4) is 0 Å². The first-order valence-electron chi connectivity index (χ1n) is 9.79. The first-order valence-corrected chi connectivity index (χ1v) is 9.79. The van der Waals surface area contributed by atoms with Crippen LogP contribution in [0.4, 0.5) is 0 Å². The van der Waals surface area contributed by atoms with E-state index in [1.165, 1.54) is 0 Å². The number of oxime groups is 1. The van der Waals surface area contributed by atoms with Crippen molar-refractivity contribution in [3.63, 3.8) is 0 Å². The highest BCUT2D eigenvalue weighted by Crippen LogP contribution is 2.38. The van der Waals surface area contributed by atoms with Crippen LogP contribution in [-0.4, -0.2) is 30.1 Å². The Bertz CT molecular complexity index is 1170. The van der Waals surface area contributed by atoms with Gasteiger partial charge in [-0.1, -0.05) is 59.8 Å². The maximum atomic E-state index is 9.80. The van der Waals surface area contributed by atoms with E-state index in [4.69, 9.17) is 9.47 Å². The van der Waals surface area contributed by atoms with E-state index < -0.39 is 0 Å². The molecule has 1 aromatic heterocycles. The van der Waals surface area contributed by atoms with Crippen LogP contribution in [-0.2, 0) is 0 Å². The molecular formula is C25H24N2O3. The van der Waals surface area contributed by atoms with E-state index in [0.717, 1.165) is 27.6 Å². The standard InChI is InChI=1S/C25H24N2O3/c1-29-24-13-12-18(14-25(24)30-2)20(15-23(27-28)17-8-4-3-5-9-17)21-16-26-22-11-7-6-10-19(21)22/h3-14,16,20,26,28H,15H2,1-2H3/b27-23-. The molecule has 5 nitrogen and oxygen atoms in total. The number of benzene rings is 3. The second-order valence-electron chi connectivity index (χ2n) is 7.07. The summed E-state index contributed by atoms with van der Waals surface area (Å²) < 4.78 is 10.9. The molecule has 0 spiro atoms. The van der Waals surface area contributed by atoms with Crippen molar-refractivity contribution in [1.82, 2.24) is 4.98 Å². The van der Waals surface area contributed by atoms with Crippen molar-refractivity contribution >= 4 is 16.6 Å². The molecular weight excluding hydrogens is 376 g/mol. The summed E-state index contributed by atoms with van der Waals surface area (Å²) >= 11 is 0. The average molecular weight is 400 g/mol. The summed E-state index contributed by atoms with van der Waals surface area (Å²) in [5.74, 6) is 1.30. The van der Waals surface area contributed by atoms with Crippen molar-refractivity contribution in [3.8, 4) is 11.5 Å². The van der Waals surface area contributed by atoms with Crippen LogP contribution in [0.25, 0.3) is 10.9 Å². The monoisotopic (exact) mass is 400 g/mol. The zero-order valence-corrected chi connectivity index (χ0v) is 17.0. The van der Waals surface area contributed by atoms with Gasteiger partial charge in [0.2, 0.25) is 0 Å². The molecule has 1 unspecified atom stereocenters. The van der Waals surface area contributed by atoms with Crippen LogP contribution in [0.1, 0.15) is 29.0 Å². The van der Waals surface area contributed by atoms with E-state index in [9.17, 15) is 5.21 Å². The lowest BCUT2D eigenvalue weighted by Gasteiger charge is -2.20. The zero-order valence-electron chi connectivity index (χ0n) is 17.0. The Kier molecular flexibility index (Phi) is 5.70. The Hall–Kier alpha value is -3.73. The predicted molar refractivity (Wildman–Crippen MR) is 119 cm³/mol. The van der Waals surface area contributed by atoms with Crippen LogP contribution in [0.15, 0.2) is 84.1 Å². The van der Waals surface area contributed by atoms with Gasteiger partial charge in [-0.25, -0.2) is 0 Å². The molecule has 0 fully saturated rings. The quantitative estimate of drug-likeness (QED) is 0.242. The number of hydrogen-bond donors (Lipinski definition) is 2. The molecule has 0 saturated carbocycles. The van der Waals surface area contributed by atoms with Crippen LogP contribution in [0.5, 0.6) is 11.5 Å². The van der Waals surface area contributed by atoms with Gasteiger partial charge in [0.05, 0.1) is 19.9 Å². The number of aromatic nitrogens is 1. The van der Waals surface area contributed by atoms with Crippen molar-refractivity contribution in [1.29, 1.82) is 0 Å². The SMILES string of the molecule is COc1ccc(C(C/C(=N/O)c2ccccc2)c2c[nH]c3ccccc23)cc1OC. The lowest BCUT2D eigenvalue weighted by molar-refractivity contribution is 0.317. The van der Waals surface area contributed by atoms with E-state index in [0.29, 0.717) is 23.6 Å². The van der Waals surface area contributed by atoms with Crippen LogP contribution in [0, 0.1) is 0 Å². The van der Waals surface area contributed by atoms with Gasteiger partial charge in [0.15, 0.2) is 11.5 Å². The molecule has 1 heterocycles. The van der Waals surface area contributed by atoms with Gasteiger partial charge in [0.25, 0.3) is 0 Å². The average Bonchev–Trinajstić information content (AvgIpc) is 3.24. The second-order valence-corrected chi connectivity index (χ2v) is 7.07. The third-order valence-corrected chi connectivity index (χ3v) is 5.43. The summed E-state index contributed by atoms with van der Waals surface area (Å²) in [4.78, 5) is 3.36. The number of aromatic amines is 1. The molecule has 30 heavy (non-hydrogen) atoms. The van der Waals surface area contributed by atoms with Crippen molar-refractivity contribution in [2.24, 2.45) is 5.16 Å². The minimum atomic E-state index is -0.0490. The van der Waals surface area contributed by atoms with Crippen LogP contribution < -0.4 is 9.47 Å². The van der Waals surface area contributed by atoms with Gasteiger partial charge < -0.3 is 19.7 Å². The number of H-pyrrole nitrogens is 1. The Balaban J connectivity index is 1.83. The van der Waals surface area contributed by atoms with E-state index in [2.05, 4.69) is 22.3 Å². The highest BCUT2D eigenvalue weighted by molar-refractivity contribution is 6.01. The van der Waals surface area contributed by atoms with Gasteiger partial charge >= 0.3 is 0 Å². The molecule has 2 N–H and O–H groups in total. The molecule has 4 rings (SSSR count). The number of nitrogens with zero attached hydrogens (tertiary/aromatic N) is 1. The van der Waals surface area contributed by atoms with Gasteiger partial charge in [0.1, 0.15) is 0 Å². The minimum absolute atomic E-state index is 0.0490. The molecule has 5 heteroatoms. The van der Waals surface area contributed by atoms with Crippen molar-refractivity contribution in [2.75, 3.05) is 14.2 Å². The number of para-hydroxylation sites is 1. The molecule has 0 saturated heterocycles. The van der Waals surface area contributed by atoms with E-state index in [1.54, 1.807) is 14.2 Å². The Morgan fingerprint density at radius 3 is 2.40 bits per heavy atom. The summed E-state index contributed by atoms with van der Waals surface area (Å²) in [7, 11) is 3.26. The molecule has 3 aromatic carbocycles. The van der Waals surface area contributed by atoms with E-state index >= 15 is 0 Å². The van der Waals surface area contributed by atoms with Gasteiger partial charge in [-0.2, -0.15) is 0 Å². The fourth-order valence-corrected chi connectivity index (χ4v) is 3.90. The van der Waals surface area contributed by atoms with Crippen LogP contribution in [0.2, 0.25) is 0 Å². The molecule has 0 bridgehead atoms. The van der Waals surface area contributed by atoms with Gasteiger partial charge in [0, 0.05) is 29.4 Å². The minimum Gasteiger partial charge on any atom is -0.493 e. The Labute approximate surface area is 175 Å². The van der Waals surface area contributed by atoms with Gasteiger partial charge in [-0.3, -0.25) is 0 Å². The van der Waals surface area contributed by atoms with E-state index in [1.807, 2.05) is 66.9 Å². The number of ether oxygens (including phenoxy) is 2. The fourth-order valence-electron chi connectivity index (χ4n) is 3.90. The first kappa shape index (κ1) is 19.6. The largest absolute Gasteiger partial charge is 0.493 e. The molecule has 0 aliphatic carbocycles. The van der Waals surface area contributed by atoms with Crippen molar-refractivity contribution in [3.05, 3.63) is 95.7 Å². The molecule has 0 amide bonds. The summed E-state index contributed by atoms with van der Waals surface area (Å²) in [5.41, 5.74) is 4.77. The number of hydrogen-bond acceptors (Lipinski definition) is 4. The summed E-state index contributed by atoms with van der Waals surface area (Å²) in [6.45, 7) is 0. The highest BCUT2D eigenvalue weighted by atomic mass is 16.5. The molecule has 152 valence electrons. The normalized spacial score (nSPS) is 12.7. The van der Waals surface area contributed by atoms with Crippen molar-refractivity contribution in [2.45, 2.75) is 12.3 Å². The Morgan fingerprint density at radius 2 is 1.67 bits per heavy atom. The smallest absolute Gasteiger partial charge is 0.161 e. The molecule has 0 aliphatic heterocycles.